The van der Waals surface area contributed by atoms with Crippen molar-refractivity contribution in [3.05, 3.63) is 34.6 Å². The van der Waals surface area contributed by atoms with E-state index in [4.69, 9.17) is 11.6 Å². The van der Waals surface area contributed by atoms with E-state index in [2.05, 4.69) is 5.32 Å². The molecule has 0 aromatic heterocycles. The quantitative estimate of drug-likeness (QED) is 0.893. The van der Waals surface area contributed by atoms with E-state index in [0.717, 1.165) is 32.5 Å². The van der Waals surface area contributed by atoms with Crippen LogP contribution < -0.4 is 5.32 Å². The zero-order valence-electron chi connectivity index (χ0n) is 13.2. The van der Waals surface area contributed by atoms with Gasteiger partial charge in [-0.25, -0.2) is 4.39 Å². The van der Waals surface area contributed by atoms with E-state index in [1.165, 1.54) is 6.07 Å². The average Bonchev–Trinajstić information content (AvgIpc) is 2.88. The van der Waals surface area contributed by atoms with Gasteiger partial charge in [0.25, 0.3) is 0 Å². The molecule has 3 rings (SSSR count). The first-order valence-corrected chi connectivity index (χ1v) is 8.40. The molecule has 0 spiro atoms. The summed E-state index contributed by atoms with van der Waals surface area (Å²) in [5.41, 5.74) is 0.534. The highest BCUT2D eigenvalue weighted by Crippen LogP contribution is 2.29. The monoisotopic (exact) mass is 360 g/mol. The maximum absolute atomic E-state index is 14.0. The molecule has 2 aliphatic rings. The number of halogens is 3. The fourth-order valence-corrected chi connectivity index (χ4v) is 3.67. The summed E-state index contributed by atoms with van der Waals surface area (Å²) in [5, 5.41) is 3.67. The lowest BCUT2D eigenvalue weighted by Gasteiger charge is -2.35. The van der Waals surface area contributed by atoms with Crippen molar-refractivity contribution in [2.45, 2.75) is 32.2 Å². The third-order valence-electron chi connectivity index (χ3n) is 5.07. The third kappa shape index (κ3) is 3.81. The van der Waals surface area contributed by atoms with E-state index in [0.29, 0.717) is 22.9 Å². The van der Waals surface area contributed by atoms with Crippen molar-refractivity contribution in [3.8, 4) is 0 Å². The van der Waals surface area contributed by atoms with Gasteiger partial charge < -0.3 is 10.2 Å². The maximum atomic E-state index is 14.0. The number of hydrogen-bond acceptors (Lipinski definition) is 2. The van der Waals surface area contributed by atoms with Crippen LogP contribution in [0.3, 0.4) is 0 Å². The Kier molecular flexibility index (Phi) is 6.29. The fraction of sp³-hybridized carbons (Fsp3) is 0.588. The van der Waals surface area contributed by atoms with E-state index in [1.54, 1.807) is 12.1 Å². The van der Waals surface area contributed by atoms with E-state index < -0.39 is 0 Å². The van der Waals surface area contributed by atoms with Gasteiger partial charge >= 0.3 is 0 Å². The van der Waals surface area contributed by atoms with Gasteiger partial charge in [0.15, 0.2) is 0 Å². The van der Waals surface area contributed by atoms with Crippen LogP contribution in [0.1, 0.15) is 25.3 Å². The van der Waals surface area contributed by atoms with Gasteiger partial charge in [0.2, 0.25) is 5.91 Å². The van der Waals surface area contributed by atoms with Gasteiger partial charge in [-0.1, -0.05) is 24.6 Å². The SMILES string of the molecule is CC(C(=O)N1CCCC1Cc1c(F)cccc1Cl)C1CNC1.Cl. The summed E-state index contributed by atoms with van der Waals surface area (Å²) in [5.74, 6) is 0.410. The molecule has 2 saturated heterocycles. The van der Waals surface area contributed by atoms with Crippen LogP contribution in [0.4, 0.5) is 4.39 Å². The Hall–Kier alpha value is -0.840. The van der Waals surface area contributed by atoms with Crippen molar-refractivity contribution in [1.82, 2.24) is 10.2 Å². The van der Waals surface area contributed by atoms with Gasteiger partial charge in [-0.05, 0) is 50.4 Å². The van der Waals surface area contributed by atoms with Crippen LogP contribution in [0.5, 0.6) is 0 Å². The third-order valence-corrected chi connectivity index (χ3v) is 5.43. The Morgan fingerprint density at radius 3 is 2.83 bits per heavy atom. The van der Waals surface area contributed by atoms with Crippen LogP contribution in [0, 0.1) is 17.7 Å². The first-order chi connectivity index (χ1) is 10.6. The van der Waals surface area contributed by atoms with Crippen LogP contribution in [0.2, 0.25) is 5.02 Å². The fourth-order valence-electron chi connectivity index (χ4n) is 3.43. The van der Waals surface area contributed by atoms with Crippen molar-refractivity contribution in [2.75, 3.05) is 19.6 Å². The zero-order valence-corrected chi connectivity index (χ0v) is 14.8. The molecular weight excluding hydrogens is 338 g/mol. The minimum absolute atomic E-state index is 0. The highest BCUT2D eigenvalue weighted by atomic mass is 35.5. The Bertz CT molecular complexity index is 545. The second kappa shape index (κ2) is 7.82. The Balaban J connectivity index is 0.00000192. The number of nitrogens with one attached hydrogen (secondary N) is 1. The zero-order chi connectivity index (χ0) is 15.7. The minimum atomic E-state index is -0.275. The van der Waals surface area contributed by atoms with Crippen molar-refractivity contribution < 1.29 is 9.18 Å². The largest absolute Gasteiger partial charge is 0.339 e. The summed E-state index contributed by atoms with van der Waals surface area (Å²) in [4.78, 5) is 14.7. The topological polar surface area (TPSA) is 32.3 Å². The molecule has 2 fully saturated rings. The molecule has 2 atom stereocenters. The second-order valence-corrected chi connectivity index (χ2v) is 6.85. The molecule has 1 amide bonds. The summed E-state index contributed by atoms with van der Waals surface area (Å²) in [6.45, 7) is 4.63. The molecule has 2 unspecified atom stereocenters. The van der Waals surface area contributed by atoms with Crippen LogP contribution in [-0.4, -0.2) is 36.5 Å². The summed E-state index contributed by atoms with van der Waals surface area (Å²) in [6.07, 6.45) is 2.41. The number of hydrogen-bond donors (Lipinski definition) is 1. The molecule has 0 saturated carbocycles. The first-order valence-electron chi connectivity index (χ1n) is 8.02. The number of rotatable bonds is 4. The number of carbonyl (C=O) groups excluding carboxylic acids is 1. The van der Waals surface area contributed by atoms with Gasteiger partial charge in [-0.3, -0.25) is 4.79 Å². The van der Waals surface area contributed by atoms with Gasteiger partial charge in [-0.15, -0.1) is 12.4 Å². The molecule has 6 heteroatoms. The van der Waals surface area contributed by atoms with Crippen LogP contribution in [-0.2, 0) is 11.2 Å². The molecule has 2 aliphatic heterocycles. The van der Waals surface area contributed by atoms with Crippen LogP contribution in [0.25, 0.3) is 0 Å². The van der Waals surface area contributed by atoms with E-state index in [1.807, 2.05) is 11.8 Å². The highest BCUT2D eigenvalue weighted by Gasteiger charge is 2.36. The van der Waals surface area contributed by atoms with Crippen molar-refractivity contribution in [3.63, 3.8) is 0 Å². The lowest BCUT2D eigenvalue weighted by Crippen LogP contribution is -2.51. The molecule has 1 N–H and O–H groups in total. The summed E-state index contributed by atoms with van der Waals surface area (Å²) < 4.78 is 14.0. The smallest absolute Gasteiger partial charge is 0.226 e. The van der Waals surface area contributed by atoms with Crippen molar-refractivity contribution in [1.29, 1.82) is 0 Å². The highest BCUT2D eigenvalue weighted by molar-refractivity contribution is 6.31. The molecule has 128 valence electrons. The molecule has 23 heavy (non-hydrogen) atoms. The molecule has 0 aliphatic carbocycles. The molecule has 2 heterocycles. The number of benzene rings is 1. The second-order valence-electron chi connectivity index (χ2n) is 6.44. The van der Waals surface area contributed by atoms with Crippen molar-refractivity contribution in [2.24, 2.45) is 11.8 Å². The Morgan fingerprint density at radius 1 is 1.48 bits per heavy atom. The van der Waals surface area contributed by atoms with Gasteiger partial charge in [0.05, 0.1) is 0 Å². The normalized spacial score (nSPS) is 22.4. The van der Waals surface area contributed by atoms with Crippen LogP contribution in [0.15, 0.2) is 18.2 Å². The lowest BCUT2D eigenvalue weighted by atomic mass is 9.87. The minimum Gasteiger partial charge on any atom is -0.339 e. The van der Waals surface area contributed by atoms with Crippen LogP contribution >= 0.6 is 24.0 Å². The lowest BCUT2D eigenvalue weighted by molar-refractivity contribution is -0.138. The Morgan fingerprint density at radius 2 is 2.22 bits per heavy atom. The first kappa shape index (κ1) is 18.5. The van der Waals surface area contributed by atoms with Gasteiger partial charge in [0.1, 0.15) is 5.82 Å². The molecule has 0 bridgehead atoms. The number of nitrogens with zero attached hydrogens (tertiary/aromatic N) is 1. The van der Waals surface area contributed by atoms with Crippen molar-refractivity contribution >= 4 is 29.9 Å². The number of likely N-dealkylation sites (tertiary alicyclic amines) is 1. The summed E-state index contributed by atoms with van der Waals surface area (Å²) in [7, 11) is 0. The predicted molar refractivity (Wildman–Crippen MR) is 92.6 cm³/mol. The Labute approximate surface area is 148 Å². The van der Waals surface area contributed by atoms with E-state index in [-0.39, 0.29) is 36.1 Å². The molecule has 1 aromatic carbocycles. The number of carbonyl (C=O) groups is 1. The van der Waals surface area contributed by atoms with Gasteiger partial charge in [0, 0.05) is 29.1 Å². The van der Waals surface area contributed by atoms with E-state index >= 15 is 0 Å². The molecule has 0 radical (unpaired) electrons. The van der Waals surface area contributed by atoms with Gasteiger partial charge in [-0.2, -0.15) is 0 Å². The standard InChI is InChI=1S/C17H22ClFN2O.ClH/c1-11(12-9-20-10-12)17(22)21-7-3-4-13(21)8-14-15(18)5-2-6-16(14)19;/h2,5-6,11-13,20H,3-4,7-10H2,1H3;1H. The maximum Gasteiger partial charge on any atom is 0.226 e. The molecule has 3 nitrogen and oxygen atoms in total. The van der Waals surface area contributed by atoms with E-state index in [9.17, 15) is 9.18 Å². The summed E-state index contributed by atoms with van der Waals surface area (Å²) in [6, 6.07) is 4.83. The molecule has 1 aromatic rings. The molecular formula is C17H23Cl2FN2O. The predicted octanol–water partition coefficient (Wildman–Crippen LogP) is 3.29. The average molecular weight is 361 g/mol. The number of amides is 1. The summed E-state index contributed by atoms with van der Waals surface area (Å²) >= 11 is 6.13.